The van der Waals surface area contributed by atoms with E-state index in [1.807, 2.05) is 25.1 Å². The van der Waals surface area contributed by atoms with Crippen molar-refractivity contribution in [2.45, 2.75) is 19.9 Å². The zero-order chi connectivity index (χ0) is 17.6. The SMILES string of the molecule is COC(=O)[C@H](C)N[P@@](=O)(Oc1ccccc1)Oc1ccc(C)cc1. The fourth-order valence-corrected chi connectivity index (χ4v) is 3.42. The van der Waals surface area contributed by atoms with Gasteiger partial charge in [0.25, 0.3) is 0 Å². The molecule has 0 aliphatic heterocycles. The van der Waals surface area contributed by atoms with E-state index in [1.165, 1.54) is 14.0 Å². The van der Waals surface area contributed by atoms with E-state index in [-0.39, 0.29) is 0 Å². The number of hydrogen-bond donors (Lipinski definition) is 1. The lowest BCUT2D eigenvalue weighted by atomic mass is 10.2. The van der Waals surface area contributed by atoms with Crippen LogP contribution in [0.4, 0.5) is 0 Å². The summed E-state index contributed by atoms with van der Waals surface area (Å²) >= 11 is 0. The molecule has 0 unspecified atom stereocenters. The first-order valence-corrected chi connectivity index (χ1v) is 8.93. The van der Waals surface area contributed by atoms with Gasteiger partial charge in [-0.2, -0.15) is 5.09 Å². The number of hydrogen-bond acceptors (Lipinski definition) is 5. The van der Waals surface area contributed by atoms with Crippen LogP contribution >= 0.6 is 7.75 Å². The number of benzene rings is 2. The lowest BCUT2D eigenvalue weighted by molar-refractivity contribution is -0.142. The highest BCUT2D eigenvalue weighted by molar-refractivity contribution is 7.52. The number of para-hydroxylation sites is 1. The van der Waals surface area contributed by atoms with Crippen molar-refractivity contribution >= 4 is 13.7 Å². The molecule has 0 heterocycles. The van der Waals surface area contributed by atoms with Gasteiger partial charge in [-0.15, -0.1) is 0 Å². The average molecular weight is 349 g/mol. The van der Waals surface area contributed by atoms with Crippen LogP contribution in [0.25, 0.3) is 0 Å². The zero-order valence-corrected chi connectivity index (χ0v) is 14.7. The van der Waals surface area contributed by atoms with Crippen molar-refractivity contribution < 1.29 is 23.1 Å². The van der Waals surface area contributed by atoms with E-state index >= 15 is 0 Å². The molecule has 24 heavy (non-hydrogen) atoms. The Kier molecular flexibility index (Phi) is 6.01. The number of esters is 1. The van der Waals surface area contributed by atoms with Crippen molar-refractivity contribution in [2.75, 3.05) is 7.11 Å². The Morgan fingerprint density at radius 2 is 1.54 bits per heavy atom. The van der Waals surface area contributed by atoms with Gasteiger partial charge in [0.1, 0.15) is 17.5 Å². The molecular weight excluding hydrogens is 329 g/mol. The van der Waals surface area contributed by atoms with Crippen molar-refractivity contribution in [2.24, 2.45) is 0 Å². The second-order valence-corrected chi connectivity index (χ2v) is 6.80. The molecule has 0 aliphatic carbocycles. The number of aryl methyl sites for hydroxylation is 1. The normalized spacial score (nSPS) is 14.3. The molecule has 1 N–H and O–H groups in total. The number of nitrogens with one attached hydrogen (secondary N) is 1. The van der Waals surface area contributed by atoms with E-state index in [9.17, 15) is 9.36 Å². The van der Waals surface area contributed by atoms with E-state index in [2.05, 4.69) is 9.82 Å². The standard InChI is InChI=1S/C17H20NO5P/c1-13-9-11-16(12-10-13)23-24(20,18-14(2)17(19)21-3)22-15-7-5-4-6-8-15/h4-12,14H,1-3H3,(H,18,20)/t14-,24+/m0/s1. The van der Waals surface area contributed by atoms with Crippen LogP contribution in [-0.4, -0.2) is 19.1 Å². The summed E-state index contributed by atoms with van der Waals surface area (Å²) in [4.78, 5) is 11.6. The van der Waals surface area contributed by atoms with Gasteiger partial charge in [0.05, 0.1) is 7.11 Å². The molecule has 6 nitrogen and oxygen atoms in total. The lowest BCUT2D eigenvalue weighted by Gasteiger charge is -2.22. The van der Waals surface area contributed by atoms with E-state index in [0.717, 1.165) is 5.56 Å². The van der Waals surface area contributed by atoms with Crippen molar-refractivity contribution in [1.82, 2.24) is 5.09 Å². The number of rotatable bonds is 7. The summed E-state index contributed by atoms with van der Waals surface area (Å²) in [6, 6.07) is 14.7. The summed E-state index contributed by atoms with van der Waals surface area (Å²) < 4.78 is 28.8. The summed E-state index contributed by atoms with van der Waals surface area (Å²) in [6.45, 7) is 3.45. The molecule has 0 aliphatic rings. The van der Waals surface area contributed by atoms with Crippen molar-refractivity contribution in [3.05, 3.63) is 60.2 Å². The van der Waals surface area contributed by atoms with Gasteiger partial charge in [-0.05, 0) is 38.1 Å². The highest BCUT2D eigenvalue weighted by atomic mass is 31.2. The summed E-state index contributed by atoms with van der Waals surface area (Å²) in [7, 11) is -2.60. The predicted molar refractivity (Wildman–Crippen MR) is 91.1 cm³/mol. The maximum absolute atomic E-state index is 13.1. The van der Waals surface area contributed by atoms with Crippen LogP contribution in [0.3, 0.4) is 0 Å². The van der Waals surface area contributed by atoms with E-state index < -0.39 is 19.8 Å². The minimum atomic E-state index is -3.85. The molecular formula is C17H20NO5P. The highest BCUT2D eigenvalue weighted by Crippen LogP contribution is 2.45. The van der Waals surface area contributed by atoms with Gasteiger partial charge in [-0.1, -0.05) is 35.9 Å². The molecule has 7 heteroatoms. The number of methoxy groups -OCH3 is 1. The molecule has 0 aromatic heterocycles. The molecule has 0 bridgehead atoms. The third-order valence-electron chi connectivity index (χ3n) is 3.12. The fraction of sp³-hybridized carbons (Fsp3) is 0.235. The Balaban J connectivity index is 2.24. The summed E-state index contributed by atoms with van der Waals surface area (Å²) in [5.74, 6) is 0.154. The molecule has 128 valence electrons. The lowest BCUT2D eigenvalue weighted by Crippen LogP contribution is -2.35. The first-order chi connectivity index (χ1) is 11.4. The molecule has 2 aromatic carbocycles. The summed E-state index contributed by atoms with van der Waals surface area (Å²) in [5, 5.41) is 2.59. The number of carbonyl (C=O) groups excluding carboxylic acids is 1. The Hall–Kier alpha value is -2.30. The highest BCUT2D eigenvalue weighted by Gasteiger charge is 2.33. The molecule has 0 spiro atoms. The Labute approximate surface area is 141 Å². The monoisotopic (exact) mass is 349 g/mol. The molecule has 2 rings (SSSR count). The molecule has 0 radical (unpaired) electrons. The number of carbonyl (C=O) groups is 1. The van der Waals surface area contributed by atoms with Crippen LogP contribution in [0, 0.1) is 6.92 Å². The largest absolute Gasteiger partial charge is 0.513 e. The molecule has 0 amide bonds. The topological polar surface area (TPSA) is 73.9 Å². The van der Waals surface area contributed by atoms with E-state index in [4.69, 9.17) is 9.05 Å². The van der Waals surface area contributed by atoms with Gasteiger partial charge in [0, 0.05) is 0 Å². The predicted octanol–water partition coefficient (Wildman–Crippen LogP) is 3.71. The maximum atomic E-state index is 13.1. The van der Waals surface area contributed by atoms with Gasteiger partial charge in [-0.25, -0.2) is 4.57 Å². The smallest absolute Gasteiger partial charge is 0.468 e. The maximum Gasteiger partial charge on any atom is 0.513 e. The van der Waals surface area contributed by atoms with Crippen molar-refractivity contribution in [1.29, 1.82) is 0 Å². The Morgan fingerprint density at radius 3 is 2.08 bits per heavy atom. The minimum Gasteiger partial charge on any atom is -0.468 e. The van der Waals surface area contributed by atoms with Crippen LogP contribution in [0.5, 0.6) is 11.5 Å². The molecule has 0 saturated carbocycles. The van der Waals surface area contributed by atoms with E-state index in [1.54, 1.807) is 36.4 Å². The Morgan fingerprint density at radius 1 is 1.00 bits per heavy atom. The second kappa shape index (κ2) is 7.99. The first kappa shape index (κ1) is 18.0. The van der Waals surface area contributed by atoms with Gasteiger partial charge in [0.2, 0.25) is 0 Å². The third kappa shape index (κ3) is 5.11. The van der Waals surface area contributed by atoms with Crippen LogP contribution in [0.15, 0.2) is 54.6 Å². The minimum absolute atomic E-state index is 0.359. The van der Waals surface area contributed by atoms with Crippen molar-refractivity contribution in [3.8, 4) is 11.5 Å². The average Bonchev–Trinajstić information content (AvgIpc) is 2.56. The summed E-state index contributed by atoms with van der Waals surface area (Å²) in [5.41, 5.74) is 1.04. The quantitative estimate of drug-likeness (QED) is 0.607. The molecule has 0 fully saturated rings. The second-order valence-electron chi connectivity index (χ2n) is 5.18. The third-order valence-corrected chi connectivity index (χ3v) is 4.73. The van der Waals surface area contributed by atoms with Gasteiger partial charge in [-0.3, -0.25) is 4.79 Å². The van der Waals surface area contributed by atoms with Gasteiger partial charge in [0.15, 0.2) is 0 Å². The van der Waals surface area contributed by atoms with Crippen molar-refractivity contribution in [3.63, 3.8) is 0 Å². The van der Waals surface area contributed by atoms with Crippen LogP contribution in [0.2, 0.25) is 0 Å². The zero-order valence-electron chi connectivity index (χ0n) is 13.8. The number of ether oxygens (including phenoxy) is 1. The molecule has 2 atom stereocenters. The van der Waals surface area contributed by atoms with Gasteiger partial charge >= 0.3 is 13.7 Å². The first-order valence-electron chi connectivity index (χ1n) is 7.38. The summed E-state index contributed by atoms with van der Waals surface area (Å²) in [6.07, 6.45) is 0. The van der Waals surface area contributed by atoms with Crippen LogP contribution in [-0.2, 0) is 14.1 Å². The molecule has 0 saturated heterocycles. The molecule has 2 aromatic rings. The van der Waals surface area contributed by atoms with Crippen LogP contribution < -0.4 is 14.1 Å². The van der Waals surface area contributed by atoms with Crippen LogP contribution in [0.1, 0.15) is 12.5 Å². The van der Waals surface area contributed by atoms with Gasteiger partial charge < -0.3 is 13.8 Å². The van der Waals surface area contributed by atoms with E-state index in [0.29, 0.717) is 11.5 Å². The fourth-order valence-electron chi connectivity index (χ4n) is 1.90. The Bertz CT molecular complexity index is 718.